The minimum atomic E-state index is -3.45. The van der Waals surface area contributed by atoms with Crippen LogP contribution in [0.4, 0.5) is 5.69 Å². The Labute approximate surface area is 92.2 Å². The molecule has 1 aromatic carbocycles. The van der Waals surface area contributed by atoms with Crippen molar-refractivity contribution in [2.75, 3.05) is 5.75 Å². The first-order valence-electron chi connectivity index (χ1n) is 4.25. The van der Waals surface area contributed by atoms with Gasteiger partial charge < -0.3 is 0 Å². The van der Waals surface area contributed by atoms with Gasteiger partial charge in [-0.25, -0.2) is 8.42 Å². The number of benzene rings is 1. The predicted octanol–water partition coefficient (Wildman–Crippen LogP) is 1.03. The van der Waals surface area contributed by atoms with E-state index in [0.29, 0.717) is 5.56 Å². The molecule has 7 heteroatoms. The highest BCUT2D eigenvalue weighted by atomic mass is 32.2. The smallest absolute Gasteiger partial charge is 0.258 e. The fourth-order valence-corrected chi connectivity index (χ4v) is 2.12. The second-order valence-corrected chi connectivity index (χ2v) is 5.18. The van der Waals surface area contributed by atoms with E-state index < -0.39 is 20.5 Å². The van der Waals surface area contributed by atoms with Crippen molar-refractivity contribution >= 4 is 15.5 Å². The van der Waals surface area contributed by atoms with Crippen molar-refractivity contribution in [3.63, 3.8) is 0 Å². The van der Waals surface area contributed by atoms with Crippen molar-refractivity contribution in [2.24, 2.45) is 0 Å². The molecule has 0 spiro atoms. The monoisotopic (exact) mass is 240 g/mol. The number of hydrogen-bond acceptors (Lipinski definition) is 5. The van der Waals surface area contributed by atoms with Crippen LogP contribution in [0.25, 0.3) is 0 Å². The van der Waals surface area contributed by atoms with Crippen LogP contribution in [0, 0.1) is 21.4 Å². The highest BCUT2D eigenvalue weighted by Crippen LogP contribution is 2.14. The SMILES string of the molecule is N#CCS(=O)(=O)Cc1ccc([N+](=O)[O-])cc1. The third-order valence-electron chi connectivity index (χ3n) is 1.82. The highest BCUT2D eigenvalue weighted by Gasteiger charge is 2.12. The predicted molar refractivity (Wildman–Crippen MR) is 56.2 cm³/mol. The average molecular weight is 240 g/mol. The lowest BCUT2D eigenvalue weighted by Gasteiger charge is -1.99. The molecule has 0 atom stereocenters. The van der Waals surface area contributed by atoms with Gasteiger partial charge in [-0.1, -0.05) is 12.1 Å². The first-order valence-corrected chi connectivity index (χ1v) is 6.07. The molecule has 0 aliphatic rings. The summed E-state index contributed by atoms with van der Waals surface area (Å²) in [6.07, 6.45) is 0. The average Bonchev–Trinajstić information content (AvgIpc) is 2.17. The lowest BCUT2D eigenvalue weighted by Crippen LogP contribution is -2.07. The number of hydrogen-bond donors (Lipinski definition) is 0. The Hall–Kier alpha value is -1.94. The van der Waals surface area contributed by atoms with Gasteiger partial charge in [0.25, 0.3) is 5.69 Å². The number of sulfone groups is 1. The summed E-state index contributed by atoms with van der Waals surface area (Å²) in [5, 5.41) is 18.6. The first-order chi connectivity index (χ1) is 7.44. The topological polar surface area (TPSA) is 101 Å². The third kappa shape index (κ3) is 3.33. The van der Waals surface area contributed by atoms with Crippen LogP contribution in [0.15, 0.2) is 24.3 Å². The van der Waals surface area contributed by atoms with Gasteiger partial charge in [0.1, 0.15) is 5.75 Å². The lowest BCUT2D eigenvalue weighted by molar-refractivity contribution is -0.384. The minimum Gasteiger partial charge on any atom is -0.258 e. The van der Waals surface area contributed by atoms with Crippen LogP contribution in [0.5, 0.6) is 0 Å². The van der Waals surface area contributed by atoms with Crippen LogP contribution in [-0.2, 0) is 15.6 Å². The second kappa shape index (κ2) is 4.72. The molecule has 0 aliphatic heterocycles. The van der Waals surface area contributed by atoms with Crippen LogP contribution in [0.1, 0.15) is 5.56 Å². The Kier molecular flexibility index (Phi) is 3.58. The summed E-state index contributed by atoms with van der Waals surface area (Å²) in [6, 6.07) is 6.76. The molecule has 0 saturated heterocycles. The Morgan fingerprint density at radius 3 is 2.31 bits per heavy atom. The van der Waals surface area contributed by atoms with Gasteiger partial charge in [0.2, 0.25) is 0 Å². The largest absolute Gasteiger partial charge is 0.269 e. The van der Waals surface area contributed by atoms with Crippen LogP contribution in [0.3, 0.4) is 0 Å². The summed E-state index contributed by atoms with van der Waals surface area (Å²) in [4.78, 5) is 9.78. The van der Waals surface area contributed by atoms with Crippen LogP contribution in [-0.4, -0.2) is 19.1 Å². The van der Waals surface area contributed by atoms with E-state index in [1.54, 1.807) is 6.07 Å². The molecule has 0 fully saturated rings. The molecule has 0 N–H and O–H groups in total. The third-order valence-corrected chi connectivity index (χ3v) is 3.16. The molecule has 84 valence electrons. The summed E-state index contributed by atoms with van der Waals surface area (Å²) < 4.78 is 22.5. The minimum absolute atomic E-state index is 0.0959. The number of rotatable bonds is 4. The quantitative estimate of drug-likeness (QED) is 0.577. The highest BCUT2D eigenvalue weighted by molar-refractivity contribution is 7.90. The number of nitro benzene ring substituents is 1. The summed E-state index contributed by atoms with van der Waals surface area (Å²) in [5.41, 5.74) is 0.335. The molecule has 0 aromatic heterocycles. The molecular weight excluding hydrogens is 232 g/mol. The van der Waals surface area contributed by atoms with Crippen molar-refractivity contribution in [1.29, 1.82) is 5.26 Å². The zero-order valence-electron chi connectivity index (χ0n) is 8.16. The van der Waals surface area contributed by atoms with Crippen LogP contribution < -0.4 is 0 Å². The standard InChI is InChI=1S/C9H8N2O4S/c10-5-6-16(14,15)7-8-1-3-9(4-2-8)11(12)13/h1-4H,6-7H2. The summed E-state index contributed by atoms with van der Waals surface area (Å²) in [7, 11) is -3.45. The number of nitriles is 1. The van der Waals surface area contributed by atoms with Gasteiger partial charge >= 0.3 is 0 Å². The number of nitro groups is 1. The summed E-state index contributed by atoms with van der Waals surface area (Å²) in [6.45, 7) is 0. The molecule has 0 radical (unpaired) electrons. The van der Waals surface area contributed by atoms with Gasteiger partial charge in [-0.2, -0.15) is 5.26 Å². The zero-order chi connectivity index (χ0) is 12.2. The molecule has 6 nitrogen and oxygen atoms in total. The summed E-state index contributed by atoms with van der Waals surface area (Å²) >= 11 is 0. The lowest BCUT2D eigenvalue weighted by atomic mass is 10.2. The molecule has 0 aliphatic carbocycles. The van der Waals surface area contributed by atoms with E-state index in [4.69, 9.17) is 5.26 Å². The number of nitrogens with zero attached hydrogens (tertiary/aromatic N) is 2. The van der Waals surface area contributed by atoms with Gasteiger partial charge in [0, 0.05) is 12.1 Å². The molecule has 0 amide bonds. The van der Waals surface area contributed by atoms with Crippen LogP contribution in [0.2, 0.25) is 0 Å². The molecule has 16 heavy (non-hydrogen) atoms. The molecular formula is C9H8N2O4S. The maximum absolute atomic E-state index is 11.3. The maximum atomic E-state index is 11.3. The molecule has 0 heterocycles. The van der Waals surface area contributed by atoms with Crippen molar-refractivity contribution in [2.45, 2.75) is 5.75 Å². The molecule has 1 aromatic rings. The Morgan fingerprint density at radius 2 is 1.88 bits per heavy atom. The van der Waals surface area contributed by atoms with Crippen LogP contribution >= 0.6 is 0 Å². The van der Waals surface area contributed by atoms with E-state index in [9.17, 15) is 18.5 Å². The summed E-state index contributed by atoms with van der Waals surface area (Å²) in [5.74, 6) is -0.831. The van der Waals surface area contributed by atoms with Gasteiger partial charge in [-0.15, -0.1) is 0 Å². The zero-order valence-corrected chi connectivity index (χ0v) is 8.98. The van der Waals surface area contributed by atoms with Crippen molar-refractivity contribution in [1.82, 2.24) is 0 Å². The Morgan fingerprint density at radius 1 is 1.31 bits per heavy atom. The van der Waals surface area contributed by atoms with Gasteiger partial charge in [-0.3, -0.25) is 10.1 Å². The van der Waals surface area contributed by atoms with E-state index >= 15 is 0 Å². The van der Waals surface area contributed by atoms with Gasteiger partial charge in [-0.05, 0) is 5.56 Å². The van der Waals surface area contributed by atoms with Crippen molar-refractivity contribution in [3.8, 4) is 6.07 Å². The molecule has 1 rings (SSSR count). The molecule has 0 bridgehead atoms. The second-order valence-electron chi connectivity index (χ2n) is 3.11. The van der Waals surface area contributed by atoms with Gasteiger partial charge in [0.05, 0.1) is 16.7 Å². The molecule has 0 unspecified atom stereocenters. The Balaban J connectivity index is 2.85. The maximum Gasteiger partial charge on any atom is 0.269 e. The fraction of sp³-hybridized carbons (Fsp3) is 0.222. The Bertz CT molecular complexity index is 528. The number of non-ortho nitro benzene ring substituents is 1. The van der Waals surface area contributed by atoms with Gasteiger partial charge in [0.15, 0.2) is 9.84 Å². The fourth-order valence-electron chi connectivity index (χ4n) is 1.12. The first kappa shape index (κ1) is 12.1. The van der Waals surface area contributed by atoms with E-state index in [1.807, 2.05) is 0 Å². The van der Waals surface area contributed by atoms with E-state index in [-0.39, 0.29) is 11.4 Å². The van der Waals surface area contributed by atoms with Crippen molar-refractivity contribution in [3.05, 3.63) is 39.9 Å². The normalized spacial score (nSPS) is 10.7. The van der Waals surface area contributed by atoms with Crippen molar-refractivity contribution < 1.29 is 13.3 Å². The molecule has 0 saturated carbocycles. The van der Waals surface area contributed by atoms with E-state index in [1.165, 1.54) is 24.3 Å². The van der Waals surface area contributed by atoms with E-state index in [2.05, 4.69) is 0 Å². The van der Waals surface area contributed by atoms with E-state index in [0.717, 1.165) is 0 Å².